The van der Waals surface area contributed by atoms with E-state index < -0.39 is 8.80 Å². The number of carbonyl (C=O) groups is 1. The molecule has 1 aromatic rings. The van der Waals surface area contributed by atoms with E-state index in [0.29, 0.717) is 44.5 Å². The standard InChI is InChI=1S/C16H24I2O5Si/c1-4-21-24(22-5-2,23-6-3)11-7-10-20-16(19)14-12-13(17)8-9-15(14)18/h8-9,12H,4-7,10-11H2,1-3H3. The molecule has 0 aliphatic heterocycles. The Balaban J connectivity index is 2.55. The van der Waals surface area contributed by atoms with Crippen molar-refractivity contribution in [1.29, 1.82) is 0 Å². The number of hydrogen-bond donors (Lipinski definition) is 0. The number of hydrogen-bond acceptors (Lipinski definition) is 5. The fourth-order valence-electron chi connectivity index (χ4n) is 2.19. The fraction of sp³-hybridized carbons (Fsp3) is 0.562. The quantitative estimate of drug-likeness (QED) is 0.168. The van der Waals surface area contributed by atoms with Crippen molar-refractivity contribution >= 4 is 60.0 Å². The third kappa shape index (κ3) is 7.24. The highest BCUT2D eigenvalue weighted by Crippen LogP contribution is 2.20. The van der Waals surface area contributed by atoms with Gasteiger partial charge in [-0.2, -0.15) is 0 Å². The summed E-state index contributed by atoms with van der Waals surface area (Å²) < 4.78 is 24.7. The molecule has 0 aliphatic carbocycles. The fourth-order valence-corrected chi connectivity index (χ4v) is 5.81. The molecular formula is C16H24I2O5Si. The Morgan fingerprint density at radius 3 is 2.17 bits per heavy atom. The van der Waals surface area contributed by atoms with Crippen LogP contribution in [0.25, 0.3) is 0 Å². The molecule has 1 rings (SSSR count). The Bertz CT molecular complexity index is 510. The number of esters is 1. The summed E-state index contributed by atoms with van der Waals surface area (Å²) in [6, 6.07) is 6.35. The first-order valence-corrected chi connectivity index (χ1v) is 12.1. The molecule has 5 nitrogen and oxygen atoms in total. The maximum Gasteiger partial charge on any atom is 0.501 e. The number of ether oxygens (including phenoxy) is 1. The zero-order valence-electron chi connectivity index (χ0n) is 14.3. The van der Waals surface area contributed by atoms with Crippen LogP contribution in [0, 0.1) is 7.14 Å². The van der Waals surface area contributed by atoms with Gasteiger partial charge in [-0.05, 0) is 90.6 Å². The summed E-state index contributed by atoms with van der Waals surface area (Å²) in [5.41, 5.74) is 0.602. The first kappa shape index (κ1) is 22.3. The zero-order valence-corrected chi connectivity index (χ0v) is 19.6. The lowest BCUT2D eigenvalue weighted by atomic mass is 10.2. The number of halogens is 2. The van der Waals surface area contributed by atoms with Crippen LogP contribution >= 0.6 is 45.2 Å². The van der Waals surface area contributed by atoms with Crippen molar-refractivity contribution in [3.05, 3.63) is 30.9 Å². The highest BCUT2D eigenvalue weighted by atomic mass is 127. The van der Waals surface area contributed by atoms with Crippen molar-refractivity contribution in [2.75, 3.05) is 26.4 Å². The van der Waals surface area contributed by atoms with Gasteiger partial charge in [-0.25, -0.2) is 4.79 Å². The van der Waals surface area contributed by atoms with Crippen LogP contribution in [-0.2, 0) is 18.0 Å². The van der Waals surface area contributed by atoms with Gasteiger partial charge in [-0.1, -0.05) is 0 Å². The molecule has 0 atom stereocenters. The van der Waals surface area contributed by atoms with Crippen molar-refractivity contribution in [1.82, 2.24) is 0 Å². The van der Waals surface area contributed by atoms with E-state index in [9.17, 15) is 4.79 Å². The van der Waals surface area contributed by atoms with Gasteiger partial charge in [0, 0.05) is 33.0 Å². The van der Waals surface area contributed by atoms with Crippen molar-refractivity contribution in [3.63, 3.8) is 0 Å². The lowest BCUT2D eigenvalue weighted by molar-refractivity contribution is 0.0467. The first-order chi connectivity index (χ1) is 11.5. The van der Waals surface area contributed by atoms with E-state index in [4.69, 9.17) is 18.0 Å². The Morgan fingerprint density at radius 1 is 1.04 bits per heavy atom. The maximum absolute atomic E-state index is 12.2. The predicted octanol–water partition coefficient (Wildman–Crippen LogP) is 4.49. The minimum Gasteiger partial charge on any atom is -0.462 e. The van der Waals surface area contributed by atoms with Crippen molar-refractivity contribution in [3.8, 4) is 0 Å². The van der Waals surface area contributed by atoms with Crippen LogP contribution in [0.15, 0.2) is 18.2 Å². The van der Waals surface area contributed by atoms with E-state index in [0.717, 1.165) is 7.14 Å². The summed E-state index contributed by atoms with van der Waals surface area (Å²) in [7, 11) is -2.66. The molecule has 0 bridgehead atoms. The van der Waals surface area contributed by atoms with Crippen LogP contribution in [0.5, 0.6) is 0 Å². The van der Waals surface area contributed by atoms with Gasteiger partial charge in [-0.3, -0.25) is 0 Å². The SMILES string of the molecule is CCO[Si](CCCOC(=O)c1cc(I)ccc1I)(OCC)OCC. The number of benzene rings is 1. The minimum absolute atomic E-state index is 0.297. The molecule has 0 unspecified atom stereocenters. The first-order valence-electron chi connectivity index (χ1n) is 8.02. The second kappa shape index (κ2) is 11.8. The lowest BCUT2D eigenvalue weighted by Crippen LogP contribution is -2.46. The summed E-state index contributed by atoms with van der Waals surface area (Å²) in [6.45, 7) is 7.75. The van der Waals surface area contributed by atoms with E-state index in [1.807, 2.05) is 39.0 Å². The van der Waals surface area contributed by atoms with Crippen LogP contribution in [-0.4, -0.2) is 41.2 Å². The molecule has 24 heavy (non-hydrogen) atoms. The van der Waals surface area contributed by atoms with E-state index >= 15 is 0 Å². The second-order valence-electron chi connectivity index (χ2n) is 4.85. The molecule has 0 amide bonds. The Hall–Kier alpha value is 0.247. The average Bonchev–Trinajstić information content (AvgIpc) is 2.54. The molecule has 0 heterocycles. The van der Waals surface area contributed by atoms with Crippen LogP contribution < -0.4 is 0 Å². The van der Waals surface area contributed by atoms with Crippen LogP contribution in [0.4, 0.5) is 0 Å². The van der Waals surface area contributed by atoms with E-state index in [1.54, 1.807) is 0 Å². The van der Waals surface area contributed by atoms with E-state index in [-0.39, 0.29) is 5.97 Å². The van der Waals surface area contributed by atoms with Gasteiger partial charge in [0.05, 0.1) is 12.2 Å². The van der Waals surface area contributed by atoms with Gasteiger partial charge in [0.2, 0.25) is 0 Å². The van der Waals surface area contributed by atoms with Crippen LogP contribution in [0.1, 0.15) is 37.6 Å². The number of rotatable bonds is 11. The van der Waals surface area contributed by atoms with Crippen LogP contribution in [0.3, 0.4) is 0 Å². The van der Waals surface area contributed by atoms with Gasteiger partial charge in [0.15, 0.2) is 0 Å². The summed E-state index contributed by atoms with van der Waals surface area (Å²) in [4.78, 5) is 12.2. The third-order valence-corrected chi connectivity index (χ3v) is 7.86. The van der Waals surface area contributed by atoms with Crippen molar-refractivity contribution in [2.24, 2.45) is 0 Å². The second-order valence-corrected chi connectivity index (χ2v) is 9.99. The van der Waals surface area contributed by atoms with E-state index in [2.05, 4.69) is 45.2 Å². The molecule has 0 radical (unpaired) electrons. The molecule has 0 aromatic heterocycles. The van der Waals surface area contributed by atoms with Crippen LogP contribution in [0.2, 0.25) is 6.04 Å². The molecule has 0 N–H and O–H groups in total. The molecule has 8 heteroatoms. The molecule has 0 spiro atoms. The Labute approximate surface area is 172 Å². The summed E-state index contributed by atoms with van der Waals surface area (Å²) >= 11 is 4.33. The molecule has 1 aromatic carbocycles. The Morgan fingerprint density at radius 2 is 1.62 bits per heavy atom. The van der Waals surface area contributed by atoms with Gasteiger partial charge in [0.25, 0.3) is 0 Å². The lowest BCUT2D eigenvalue weighted by Gasteiger charge is -2.28. The van der Waals surface area contributed by atoms with Gasteiger partial charge in [-0.15, -0.1) is 0 Å². The van der Waals surface area contributed by atoms with E-state index in [1.165, 1.54) is 0 Å². The topological polar surface area (TPSA) is 54.0 Å². The molecule has 136 valence electrons. The Kier molecular flexibility index (Phi) is 10.9. The third-order valence-electron chi connectivity index (χ3n) is 3.10. The summed E-state index contributed by atoms with van der Waals surface area (Å²) in [5.74, 6) is -0.297. The van der Waals surface area contributed by atoms with Gasteiger partial charge in [0.1, 0.15) is 0 Å². The highest BCUT2D eigenvalue weighted by Gasteiger charge is 2.39. The molecular weight excluding hydrogens is 554 g/mol. The smallest absolute Gasteiger partial charge is 0.462 e. The average molecular weight is 578 g/mol. The largest absolute Gasteiger partial charge is 0.501 e. The van der Waals surface area contributed by atoms with Gasteiger partial charge >= 0.3 is 14.8 Å². The maximum atomic E-state index is 12.2. The molecule has 0 aliphatic rings. The molecule has 0 saturated carbocycles. The molecule has 0 saturated heterocycles. The monoisotopic (exact) mass is 578 g/mol. The molecule has 0 fully saturated rings. The number of carbonyl (C=O) groups excluding carboxylic acids is 1. The van der Waals surface area contributed by atoms with Gasteiger partial charge < -0.3 is 18.0 Å². The zero-order chi connectivity index (χ0) is 18.0. The summed E-state index contributed by atoms with van der Waals surface area (Å²) in [6.07, 6.45) is 0.651. The highest BCUT2D eigenvalue weighted by molar-refractivity contribution is 14.1. The van der Waals surface area contributed by atoms with Crippen molar-refractivity contribution in [2.45, 2.75) is 33.2 Å². The summed E-state index contributed by atoms with van der Waals surface area (Å²) in [5, 5.41) is 0. The van der Waals surface area contributed by atoms with Crippen molar-refractivity contribution < 1.29 is 22.8 Å². The normalized spacial score (nSPS) is 11.5. The minimum atomic E-state index is -2.66. The predicted molar refractivity (Wildman–Crippen MR) is 112 cm³/mol.